The van der Waals surface area contributed by atoms with Gasteiger partial charge < -0.3 is 15.2 Å². The molecule has 1 aliphatic carbocycles. The highest BCUT2D eigenvalue weighted by Crippen LogP contribution is 2.41. The minimum Gasteiger partial charge on any atom is -0.493 e. The number of allylic oxidation sites excluding steroid dienone is 2. The SMILES string of the molecule is COc1ccc(C(CCCC(N)=O)=C2CC2)cc1OC. The molecule has 108 valence electrons. The molecule has 2 rings (SSSR count). The summed E-state index contributed by atoms with van der Waals surface area (Å²) in [5.74, 6) is 1.23. The normalized spacial score (nSPS) is 13.0. The molecular formula is C16H21NO3. The molecule has 0 atom stereocenters. The minimum atomic E-state index is -0.238. The number of nitrogens with two attached hydrogens (primary N) is 1. The first-order valence-corrected chi connectivity index (χ1v) is 6.87. The van der Waals surface area contributed by atoms with Crippen LogP contribution < -0.4 is 15.2 Å². The van der Waals surface area contributed by atoms with Crippen molar-refractivity contribution in [2.45, 2.75) is 32.1 Å². The molecule has 1 amide bonds. The molecular weight excluding hydrogens is 254 g/mol. The molecule has 0 saturated heterocycles. The summed E-state index contributed by atoms with van der Waals surface area (Å²) in [6.07, 6.45) is 4.42. The van der Waals surface area contributed by atoms with Crippen LogP contribution in [0.5, 0.6) is 11.5 Å². The third kappa shape index (κ3) is 3.53. The van der Waals surface area contributed by atoms with Crippen molar-refractivity contribution < 1.29 is 14.3 Å². The van der Waals surface area contributed by atoms with Gasteiger partial charge in [-0.25, -0.2) is 0 Å². The average Bonchev–Trinajstić information content (AvgIpc) is 3.27. The summed E-state index contributed by atoms with van der Waals surface area (Å²) in [5, 5.41) is 0. The topological polar surface area (TPSA) is 61.5 Å². The van der Waals surface area contributed by atoms with Gasteiger partial charge in [-0.2, -0.15) is 0 Å². The summed E-state index contributed by atoms with van der Waals surface area (Å²) in [6.45, 7) is 0. The van der Waals surface area contributed by atoms with Crippen molar-refractivity contribution in [1.29, 1.82) is 0 Å². The Hall–Kier alpha value is -1.97. The fourth-order valence-electron chi connectivity index (χ4n) is 2.35. The van der Waals surface area contributed by atoms with E-state index >= 15 is 0 Å². The van der Waals surface area contributed by atoms with E-state index in [1.54, 1.807) is 14.2 Å². The predicted molar refractivity (Wildman–Crippen MR) is 78.7 cm³/mol. The number of amides is 1. The largest absolute Gasteiger partial charge is 0.493 e. The second kappa shape index (κ2) is 6.46. The van der Waals surface area contributed by atoms with Gasteiger partial charge in [0.2, 0.25) is 5.91 Å². The third-order valence-corrected chi connectivity index (χ3v) is 3.51. The molecule has 0 unspecified atom stereocenters. The number of methoxy groups -OCH3 is 2. The predicted octanol–water partition coefficient (Wildman–Crippen LogP) is 2.91. The smallest absolute Gasteiger partial charge is 0.217 e. The summed E-state index contributed by atoms with van der Waals surface area (Å²) in [7, 11) is 3.27. The minimum absolute atomic E-state index is 0.238. The van der Waals surface area contributed by atoms with Crippen LogP contribution in [-0.4, -0.2) is 20.1 Å². The Balaban J connectivity index is 2.18. The first-order chi connectivity index (χ1) is 9.65. The molecule has 0 heterocycles. The zero-order valence-electron chi connectivity index (χ0n) is 12.1. The molecule has 1 fully saturated rings. The fourth-order valence-corrected chi connectivity index (χ4v) is 2.35. The van der Waals surface area contributed by atoms with Crippen molar-refractivity contribution in [2.24, 2.45) is 5.73 Å². The molecule has 20 heavy (non-hydrogen) atoms. The van der Waals surface area contributed by atoms with Gasteiger partial charge in [0.05, 0.1) is 14.2 Å². The van der Waals surface area contributed by atoms with E-state index < -0.39 is 0 Å². The summed E-state index contributed by atoms with van der Waals surface area (Å²) in [4.78, 5) is 10.9. The van der Waals surface area contributed by atoms with Crippen molar-refractivity contribution in [3.63, 3.8) is 0 Å². The first-order valence-electron chi connectivity index (χ1n) is 6.87. The van der Waals surface area contributed by atoms with Crippen LogP contribution in [-0.2, 0) is 4.79 Å². The molecule has 1 aromatic rings. The monoisotopic (exact) mass is 275 g/mol. The number of benzene rings is 1. The summed E-state index contributed by atoms with van der Waals surface area (Å²) < 4.78 is 10.6. The van der Waals surface area contributed by atoms with Crippen LogP contribution in [0.25, 0.3) is 5.57 Å². The van der Waals surface area contributed by atoms with Crippen molar-refractivity contribution in [1.82, 2.24) is 0 Å². The molecule has 1 aromatic carbocycles. The van der Waals surface area contributed by atoms with Crippen molar-refractivity contribution in [3.05, 3.63) is 29.3 Å². The molecule has 4 heteroatoms. The molecule has 1 aliphatic rings. The van der Waals surface area contributed by atoms with Crippen LogP contribution in [0.3, 0.4) is 0 Å². The van der Waals surface area contributed by atoms with Gasteiger partial charge in [-0.3, -0.25) is 4.79 Å². The standard InChI is InChI=1S/C16H21NO3/c1-19-14-9-8-12(10-15(14)20-2)13(11-6-7-11)4-3-5-16(17)18/h8-10H,3-7H2,1-2H3,(H2,17,18). The van der Waals surface area contributed by atoms with Gasteiger partial charge in [0.1, 0.15) is 0 Å². The average molecular weight is 275 g/mol. The maximum Gasteiger partial charge on any atom is 0.217 e. The van der Waals surface area contributed by atoms with E-state index in [0.29, 0.717) is 6.42 Å². The highest BCUT2D eigenvalue weighted by Gasteiger charge is 2.19. The Morgan fingerprint density at radius 1 is 1.15 bits per heavy atom. The third-order valence-electron chi connectivity index (χ3n) is 3.51. The van der Waals surface area contributed by atoms with Gasteiger partial charge in [0.15, 0.2) is 11.5 Å². The Morgan fingerprint density at radius 2 is 1.85 bits per heavy atom. The van der Waals surface area contributed by atoms with Crippen LogP contribution in [0, 0.1) is 0 Å². The highest BCUT2D eigenvalue weighted by atomic mass is 16.5. The molecule has 0 aromatic heterocycles. The number of primary amides is 1. The van der Waals surface area contributed by atoms with Gasteiger partial charge in [0.25, 0.3) is 0 Å². The summed E-state index contributed by atoms with van der Waals surface area (Å²) >= 11 is 0. The second-order valence-electron chi connectivity index (χ2n) is 4.97. The van der Waals surface area contributed by atoms with Crippen LogP contribution in [0.4, 0.5) is 0 Å². The number of hydrogen-bond donors (Lipinski definition) is 1. The van der Waals surface area contributed by atoms with E-state index in [4.69, 9.17) is 15.2 Å². The van der Waals surface area contributed by atoms with E-state index in [9.17, 15) is 4.79 Å². The Bertz CT molecular complexity index is 529. The van der Waals surface area contributed by atoms with E-state index in [0.717, 1.165) is 42.7 Å². The van der Waals surface area contributed by atoms with E-state index in [1.807, 2.05) is 18.2 Å². The summed E-state index contributed by atoms with van der Waals surface area (Å²) in [6, 6.07) is 5.97. The first kappa shape index (κ1) is 14.4. The Morgan fingerprint density at radius 3 is 2.40 bits per heavy atom. The summed E-state index contributed by atoms with van der Waals surface area (Å²) in [5.41, 5.74) is 9.15. The van der Waals surface area contributed by atoms with E-state index in [1.165, 1.54) is 11.1 Å². The lowest BCUT2D eigenvalue weighted by molar-refractivity contribution is -0.118. The van der Waals surface area contributed by atoms with Crippen LogP contribution in [0.2, 0.25) is 0 Å². The highest BCUT2D eigenvalue weighted by molar-refractivity contribution is 5.75. The van der Waals surface area contributed by atoms with Gasteiger partial charge in [0, 0.05) is 6.42 Å². The lowest BCUT2D eigenvalue weighted by atomic mass is 9.98. The van der Waals surface area contributed by atoms with E-state index in [-0.39, 0.29) is 5.91 Å². The van der Waals surface area contributed by atoms with Gasteiger partial charge in [-0.05, 0) is 49.0 Å². The number of carbonyl (C=O) groups is 1. The molecule has 0 bridgehead atoms. The molecule has 4 nitrogen and oxygen atoms in total. The van der Waals surface area contributed by atoms with Crippen LogP contribution >= 0.6 is 0 Å². The van der Waals surface area contributed by atoms with Gasteiger partial charge >= 0.3 is 0 Å². The Kier molecular flexibility index (Phi) is 4.66. The lowest BCUT2D eigenvalue weighted by Crippen LogP contribution is -2.09. The number of carbonyl (C=O) groups excluding carboxylic acids is 1. The molecule has 0 aliphatic heterocycles. The molecule has 0 spiro atoms. The zero-order chi connectivity index (χ0) is 14.5. The van der Waals surface area contributed by atoms with Crippen molar-refractivity contribution >= 4 is 11.5 Å². The number of hydrogen-bond acceptors (Lipinski definition) is 3. The van der Waals surface area contributed by atoms with Gasteiger partial charge in [-0.15, -0.1) is 0 Å². The number of rotatable bonds is 7. The second-order valence-corrected chi connectivity index (χ2v) is 4.97. The molecule has 0 radical (unpaired) electrons. The molecule has 2 N–H and O–H groups in total. The van der Waals surface area contributed by atoms with Crippen molar-refractivity contribution in [2.75, 3.05) is 14.2 Å². The number of ether oxygens (including phenoxy) is 2. The molecule has 1 saturated carbocycles. The maximum absolute atomic E-state index is 10.9. The quantitative estimate of drug-likeness (QED) is 0.832. The Labute approximate surface area is 119 Å². The van der Waals surface area contributed by atoms with Crippen molar-refractivity contribution in [3.8, 4) is 11.5 Å². The van der Waals surface area contributed by atoms with Gasteiger partial charge in [-0.1, -0.05) is 11.6 Å². The lowest BCUT2D eigenvalue weighted by Gasteiger charge is -2.12. The van der Waals surface area contributed by atoms with E-state index in [2.05, 4.69) is 0 Å². The van der Waals surface area contributed by atoms with Crippen LogP contribution in [0.1, 0.15) is 37.7 Å². The fraction of sp³-hybridized carbons (Fsp3) is 0.438. The maximum atomic E-state index is 10.9. The van der Waals surface area contributed by atoms with Crippen LogP contribution in [0.15, 0.2) is 23.8 Å². The zero-order valence-corrected chi connectivity index (χ0v) is 12.1.